The van der Waals surface area contributed by atoms with Crippen LogP contribution in [0.3, 0.4) is 0 Å². The van der Waals surface area contributed by atoms with Crippen molar-refractivity contribution in [3.05, 3.63) is 41.7 Å². The predicted molar refractivity (Wildman–Crippen MR) is 117 cm³/mol. The number of piperidine rings is 1. The van der Waals surface area contributed by atoms with E-state index < -0.39 is 11.4 Å². The van der Waals surface area contributed by atoms with E-state index in [4.69, 9.17) is 4.52 Å². The number of benzene rings is 1. The number of aryl methyl sites for hydroxylation is 1. The first kappa shape index (κ1) is 21.6. The van der Waals surface area contributed by atoms with Crippen LogP contribution < -0.4 is 0 Å². The first-order valence-corrected chi connectivity index (χ1v) is 11.5. The predicted octanol–water partition coefficient (Wildman–Crippen LogP) is 4.86. The largest absolute Gasteiger partial charge is 0.481 e. The molecule has 2 fully saturated rings. The minimum Gasteiger partial charge on any atom is -0.481 e. The second kappa shape index (κ2) is 9.25. The van der Waals surface area contributed by atoms with Crippen molar-refractivity contribution in [2.24, 2.45) is 11.3 Å². The fraction of sp³-hybridized carbons (Fsp3) is 0.560. The maximum atomic E-state index is 12.8. The van der Waals surface area contributed by atoms with E-state index >= 15 is 0 Å². The van der Waals surface area contributed by atoms with Crippen molar-refractivity contribution in [2.75, 3.05) is 13.1 Å². The first-order valence-electron chi connectivity index (χ1n) is 11.5. The molecular weight excluding hydrogens is 392 g/mol. The number of carboxylic acids is 1. The summed E-state index contributed by atoms with van der Waals surface area (Å²) < 4.78 is 5.55. The lowest BCUT2D eigenvalue weighted by Crippen LogP contribution is -2.51. The molecular formula is C25H32N2O4. The summed E-state index contributed by atoms with van der Waals surface area (Å²) in [7, 11) is 0. The highest BCUT2D eigenvalue weighted by molar-refractivity contribution is 5.80. The molecule has 1 saturated carbocycles. The smallest absolute Gasteiger partial charge is 0.311 e. The molecule has 2 aliphatic rings. The first-order chi connectivity index (χ1) is 15.0. The van der Waals surface area contributed by atoms with Gasteiger partial charge in [-0.2, -0.15) is 0 Å². The monoisotopic (exact) mass is 424 g/mol. The van der Waals surface area contributed by atoms with Crippen LogP contribution in [0.1, 0.15) is 62.7 Å². The highest BCUT2D eigenvalue weighted by Crippen LogP contribution is 2.36. The van der Waals surface area contributed by atoms with Crippen LogP contribution in [-0.2, 0) is 16.0 Å². The van der Waals surface area contributed by atoms with Gasteiger partial charge in [-0.15, -0.1) is 0 Å². The van der Waals surface area contributed by atoms with E-state index in [1.807, 2.05) is 37.3 Å². The van der Waals surface area contributed by atoms with Gasteiger partial charge in [-0.3, -0.25) is 9.59 Å². The van der Waals surface area contributed by atoms with Crippen LogP contribution in [0.2, 0.25) is 0 Å². The third-order valence-corrected chi connectivity index (χ3v) is 7.12. The Labute approximate surface area is 183 Å². The summed E-state index contributed by atoms with van der Waals surface area (Å²) in [5, 5.41) is 14.3. The highest BCUT2D eigenvalue weighted by atomic mass is 16.5. The quantitative estimate of drug-likeness (QED) is 0.686. The van der Waals surface area contributed by atoms with E-state index in [1.54, 1.807) is 4.90 Å². The third-order valence-electron chi connectivity index (χ3n) is 7.12. The standard InChI is InChI=1S/C25H32N2O4/c1-18-7-2-5-10-21(18)22-15-20(31-26-22)16-25(24(29)30)13-6-14-27(17-25)23(28)12-11-19-8-3-4-9-19/h2,5,7,10,15,19H,3-4,6,8-9,11-14,16-17H2,1H3,(H,29,30). The Morgan fingerprint density at radius 1 is 1.23 bits per heavy atom. The number of carboxylic acid groups (broad SMARTS) is 1. The third kappa shape index (κ3) is 4.83. The number of likely N-dealkylation sites (tertiary alicyclic amines) is 1. The summed E-state index contributed by atoms with van der Waals surface area (Å²) in [5.74, 6) is 0.443. The number of carbonyl (C=O) groups excluding carboxylic acids is 1. The van der Waals surface area contributed by atoms with Crippen LogP contribution in [-0.4, -0.2) is 40.1 Å². The molecule has 166 valence electrons. The van der Waals surface area contributed by atoms with Crippen molar-refractivity contribution >= 4 is 11.9 Å². The average Bonchev–Trinajstić information content (AvgIpc) is 3.44. The molecule has 6 heteroatoms. The number of hydrogen-bond donors (Lipinski definition) is 1. The molecule has 0 spiro atoms. The second-order valence-corrected chi connectivity index (χ2v) is 9.36. The second-order valence-electron chi connectivity index (χ2n) is 9.36. The molecule has 0 radical (unpaired) electrons. The van der Waals surface area contributed by atoms with E-state index in [9.17, 15) is 14.7 Å². The fourth-order valence-electron chi connectivity index (χ4n) is 5.24. The SMILES string of the molecule is Cc1ccccc1-c1cc(CC2(C(=O)O)CCCN(C(=O)CCC3CCCC3)C2)on1. The fourth-order valence-corrected chi connectivity index (χ4v) is 5.24. The molecule has 1 unspecified atom stereocenters. The number of aromatic nitrogens is 1. The summed E-state index contributed by atoms with van der Waals surface area (Å²) in [6, 6.07) is 9.76. The molecule has 1 saturated heterocycles. The van der Waals surface area contributed by atoms with Gasteiger partial charge >= 0.3 is 5.97 Å². The summed E-state index contributed by atoms with van der Waals surface area (Å²) in [5.41, 5.74) is 1.76. The molecule has 2 heterocycles. The summed E-state index contributed by atoms with van der Waals surface area (Å²) in [6.45, 7) is 2.90. The molecule has 6 nitrogen and oxygen atoms in total. The van der Waals surface area contributed by atoms with Gasteiger partial charge in [0.25, 0.3) is 0 Å². The highest BCUT2D eigenvalue weighted by Gasteiger charge is 2.44. The summed E-state index contributed by atoms with van der Waals surface area (Å²) in [4.78, 5) is 27.0. The van der Waals surface area contributed by atoms with Gasteiger partial charge in [0.05, 0.1) is 5.41 Å². The summed E-state index contributed by atoms with van der Waals surface area (Å²) in [6.07, 6.45) is 7.92. The number of amides is 1. The molecule has 1 aliphatic carbocycles. The zero-order valence-electron chi connectivity index (χ0n) is 18.3. The van der Waals surface area contributed by atoms with Gasteiger partial charge in [0, 0.05) is 37.6 Å². The van der Waals surface area contributed by atoms with Crippen LogP contribution in [0.15, 0.2) is 34.9 Å². The maximum Gasteiger partial charge on any atom is 0.311 e. The van der Waals surface area contributed by atoms with Crippen molar-refractivity contribution < 1.29 is 19.2 Å². The van der Waals surface area contributed by atoms with Gasteiger partial charge in [-0.1, -0.05) is 55.1 Å². The van der Waals surface area contributed by atoms with Crippen molar-refractivity contribution in [3.8, 4) is 11.3 Å². The normalized spacial score (nSPS) is 22.0. The molecule has 1 amide bonds. The van der Waals surface area contributed by atoms with Crippen molar-refractivity contribution in [1.82, 2.24) is 10.1 Å². The van der Waals surface area contributed by atoms with E-state index in [1.165, 1.54) is 25.7 Å². The Morgan fingerprint density at radius 3 is 2.74 bits per heavy atom. The molecule has 1 N–H and O–H groups in total. The van der Waals surface area contributed by atoms with Crippen LogP contribution in [0.25, 0.3) is 11.3 Å². The van der Waals surface area contributed by atoms with Crippen LogP contribution in [0.4, 0.5) is 0 Å². The van der Waals surface area contributed by atoms with Crippen molar-refractivity contribution in [2.45, 2.75) is 64.7 Å². The van der Waals surface area contributed by atoms with Crippen LogP contribution in [0, 0.1) is 18.3 Å². The van der Waals surface area contributed by atoms with E-state index in [0.717, 1.165) is 17.5 Å². The van der Waals surface area contributed by atoms with Crippen LogP contribution in [0.5, 0.6) is 0 Å². The van der Waals surface area contributed by atoms with Gasteiger partial charge in [0.1, 0.15) is 11.5 Å². The molecule has 1 aliphatic heterocycles. The molecule has 1 aromatic carbocycles. The molecule has 1 aromatic heterocycles. The van der Waals surface area contributed by atoms with Gasteiger partial charge in [-0.25, -0.2) is 0 Å². The van der Waals surface area contributed by atoms with Gasteiger partial charge < -0.3 is 14.5 Å². The minimum atomic E-state index is -1.02. The Bertz CT molecular complexity index is 931. The molecule has 31 heavy (non-hydrogen) atoms. The van der Waals surface area contributed by atoms with Gasteiger partial charge in [0.15, 0.2) is 0 Å². The maximum absolute atomic E-state index is 12.8. The lowest BCUT2D eigenvalue weighted by atomic mass is 9.76. The zero-order chi connectivity index (χ0) is 21.8. The van der Waals surface area contributed by atoms with E-state index in [-0.39, 0.29) is 18.9 Å². The van der Waals surface area contributed by atoms with Gasteiger partial charge in [-0.05, 0) is 37.7 Å². The van der Waals surface area contributed by atoms with E-state index in [0.29, 0.717) is 43.2 Å². The number of rotatable bonds is 7. The molecule has 4 rings (SSSR count). The van der Waals surface area contributed by atoms with Crippen molar-refractivity contribution in [1.29, 1.82) is 0 Å². The Hall–Kier alpha value is -2.63. The average molecular weight is 425 g/mol. The van der Waals surface area contributed by atoms with Crippen LogP contribution >= 0.6 is 0 Å². The summed E-state index contributed by atoms with van der Waals surface area (Å²) >= 11 is 0. The molecule has 0 bridgehead atoms. The number of aliphatic carboxylic acids is 1. The van der Waals surface area contributed by atoms with E-state index in [2.05, 4.69) is 5.16 Å². The molecule has 2 aromatic rings. The zero-order valence-corrected chi connectivity index (χ0v) is 18.3. The molecule has 1 atom stereocenters. The minimum absolute atomic E-state index is 0.0930. The lowest BCUT2D eigenvalue weighted by Gasteiger charge is -2.39. The lowest BCUT2D eigenvalue weighted by molar-refractivity contribution is -0.155. The Kier molecular flexibility index (Phi) is 6.44. The Balaban J connectivity index is 1.45. The number of carbonyl (C=O) groups is 2. The van der Waals surface area contributed by atoms with Crippen molar-refractivity contribution in [3.63, 3.8) is 0 Å². The van der Waals surface area contributed by atoms with Gasteiger partial charge in [0.2, 0.25) is 5.91 Å². The number of hydrogen-bond acceptors (Lipinski definition) is 4. The number of nitrogens with zero attached hydrogens (tertiary/aromatic N) is 2. The Morgan fingerprint density at radius 2 is 2.00 bits per heavy atom. The topological polar surface area (TPSA) is 83.6 Å².